The number of carboxylic acids is 1. The van der Waals surface area contributed by atoms with Crippen molar-refractivity contribution in [2.24, 2.45) is 5.92 Å². The number of hydrogen-bond acceptors (Lipinski definition) is 8. The van der Waals surface area contributed by atoms with Gasteiger partial charge in [0.1, 0.15) is 22.6 Å². The molecule has 4 aromatic rings. The molecule has 2 fully saturated rings. The van der Waals surface area contributed by atoms with Crippen molar-refractivity contribution in [2.75, 3.05) is 19.8 Å². The van der Waals surface area contributed by atoms with Gasteiger partial charge in [-0.2, -0.15) is 4.31 Å². The molecular weight excluding hydrogens is 570 g/mol. The second-order valence-corrected chi connectivity index (χ2v) is 13.9. The van der Waals surface area contributed by atoms with Gasteiger partial charge in [0.15, 0.2) is 0 Å². The van der Waals surface area contributed by atoms with E-state index in [9.17, 15) is 18.3 Å². The highest BCUT2D eigenvalue weighted by molar-refractivity contribution is 7.89. The van der Waals surface area contributed by atoms with E-state index in [1.54, 1.807) is 6.07 Å². The molecular formula is C31H33N5O6S. The number of nitrogens with zero attached hydrogens (tertiary/aromatic N) is 5. The summed E-state index contributed by atoms with van der Waals surface area (Å²) in [6.45, 7) is 5.36. The number of carboxylic acid groups (broad SMARTS) is 1. The van der Waals surface area contributed by atoms with E-state index in [0.717, 1.165) is 45.4 Å². The van der Waals surface area contributed by atoms with Crippen LogP contribution in [0.3, 0.4) is 0 Å². The van der Waals surface area contributed by atoms with E-state index in [4.69, 9.17) is 9.47 Å². The number of aliphatic carboxylic acids is 1. The Morgan fingerprint density at radius 3 is 2.67 bits per heavy atom. The summed E-state index contributed by atoms with van der Waals surface area (Å²) in [6.07, 6.45) is 3.80. The Morgan fingerprint density at radius 2 is 1.95 bits per heavy atom. The molecule has 1 aliphatic carbocycles. The van der Waals surface area contributed by atoms with E-state index in [1.165, 1.54) is 29.4 Å². The van der Waals surface area contributed by atoms with Crippen LogP contribution in [0.4, 0.5) is 0 Å². The van der Waals surface area contributed by atoms with Gasteiger partial charge in [-0.25, -0.2) is 18.1 Å². The number of aryl methyl sites for hydroxylation is 2. The number of aromatic nitrogens is 4. The highest BCUT2D eigenvalue weighted by atomic mass is 32.2. The molecule has 4 heterocycles. The van der Waals surface area contributed by atoms with Gasteiger partial charge in [0.05, 0.1) is 25.2 Å². The highest BCUT2D eigenvalue weighted by Gasteiger charge is 2.53. The molecule has 224 valence electrons. The van der Waals surface area contributed by atoms with Crippen LogP contribution in [0.2, 0.25) is 0 Å². The van der Waals surface area contributed by atoms with Crippen molar-refractivity contribution in [1.29, 1.82) is 0 Å². The first kappa shape index (κ1) is 27.9. The van der Waals surface area contributed by atoms with Gasteiger partial charge in [-0.05, 0) is 78.6 Å². The topological polar surface area (TPSA) is 137 Å². The molecule has 0 amide bonds. The fourth-order valence-electron chi connectivity index (χ4n) is 6.20. The van der Waals surface area contributed by atoms with Gasteiger partial charge < -0.3 is 14.6 Å². The lowest BCUT2D eigenvalue weighted by Crippen LogP contribution is -2.65. The SMILES string of the molecule is Cc1ccc(C(CC(=O)O)c2ccc3c(nnn3CC3CC3)c2C)cc1CN1C2(COC2)COc2ncccc2S1(=O)=O. The van der Waals surface area contributed by atoms with Crippen LogP contribution >= 0.6 is 0 Å². The molecule has 3 aliphatic rings. The van der Waals surface area contributed by atoms with E-state index < -0.39 is 27.4 Å². The van der Waals surface area contributed by atoms with Crippen molar-refractivity contribution >= 4 is 27.0 Å². The predicted molar refractivity (Wildman–Crippen MR) is 156 cm³/mol. The average Bonchev–Trinajstić information content (AvgIpc) is 3.70. The van der Waals surface area contributed by atoms with Gasteiger partial charge in [-0.15, -0.1) is 5.10 Å². The van der Waals surface area contributed by atoms with Crippen LogP contribution in [0.15, 0.2) is 53.6 Å². The maximum absolute atomic E-state index is 14.0. The number of benzene rings is 2. The number of carbonyl (C=O) groups is 1. The normalized spacial score (nSPS) is 19.8. The third-order valence-electron chi connectivity index (χ3n) is 9.01. The zero-order valence-electron chi connectivity index (χ0n) is 24.1. The molecule has 43 heavy (non-hydrogen) atoms. The minimum Gasteiger partial charge on any atom is -0.481 e. The number of sulfonamides is 1. The minimum atomic E-state index is -3.99. The van der Waals surface area contributed by atoms with Crippen molar-refractivity contribution in [3.8, 4) is 5.88 Å². The smallest absolute Gasteiger partial charge is 0.304 e. The number of hydrogen-bond donors (Lipinski definition) is 1. The maximum Gasteiger partial charge on any atom is 0.304 e. The number of fused-ring (bicyclic) bond motifs is 2. The predicted octanol–water partition coefficient (Wildman–Crippen LogP) is 3.81. The van der Waals surface area contributed by atoms with Gasteiger partial charge in [0, 0.05) is 25.2 Å². The largest absolute Gasteiger partial charge is 0.481 e. The minimum absolute atomic E-state index is 0.0231. The Bertz CT molecular complexity index is 1850. The molecule has 2 aliphatic heterocycles. The molecule has 2 aromatic carbocycles. The zero-order valence-corrected chi connectivity index (χ0v) is 24.9. The molecule has 1 N–H and O–H groups in total. The number of rotatable bonds is 8. The first-order valence-corrected chi connectivity index (χ1v) is 15.9. The lowest BCUT2D eigenvalue weighted by molar-refractivity contribution is -0.137. The molecule has 1 unspecified atom stereocenters. The summed E-state index contributed by atoms with van der Waals surface area (Å²) in [5.41, 5.74) is 5.09. The third kappa shape index (κ3) is 4.87. The fourth-order valence-corrected chi connectivity index (χ4v) is 8.00. The van der Waals surface area contributed by atoms with Gasteiger partial charge in [-0.3, -0.25) is 4.79 Å². The second kappa shape index (κ2) is 10.4. The lowest BCUT2D eigenvalue weighted by atomic mass is 9.84. The molecule has 1 atom stereocenters. The molecule has 1 saturated carbocycles. The summed E-state index contributed by atoms with van der Waals surface area (Å²) in [5.74, 6) is -0.662. The van der Waals surface area contributed by atoms with Crippen LogP contribution in [0.5, 0.6) is 5.88 Å². The van der Waals surface area contributed by atoms with Gasteiger partial charge in [-0.1, -0.05) is 29.5 Å². The standard InChI is InChI=1S/C31H33N5O6S/c1-19-5-8-22(25(13-28(37)38)24-9-10-26-29(20(24)2)33-34-35(26)14-21-6-7-21)12-23(19)15-36-31(16-41-17-31)18-42-30-27(43(36,39)40)4-3-11-32-30/h3-5,8-12,21,25H,6-7,13-18H2,1-2H3,(H,37,38). The number of ether oxygens (including phenoxy) is 2. The van der Waals surface area contributed by atoms with Gasteiger partial charge in [0.25, 0.3) is 0 Å². The molecule has 1 saturated heterocycles. The van der Waals surface area contributed by atoms with Crippen molar-refractivity contribution in [1.82, 2.24) is 24.3 Å². The van der Waals surface area contributed by atoms with E-state index in [2.05, 4.69) is 15.3 Å². The van der Waals surface area contributed by atoms with Crippen molar-refractivity contribution in [2.45, 2.75) is 62.6 Å². The van der Waals surface area contributed by atoms with Gasteiger partial charge in [0.2, 0.25) is 15.9 Å². The lowest BCUT2D eigenvalue weighted by Gasteiger charge is -2.46. The summed E-state index contributed by atoms with van der Waals surface area (Å²) in [7, 11) is -3.99. The summed E-state index contributed by atoms with van der Waals surface area (Å²) in [5, 5.41) is 18.8. The third-order valence-corrected chi connectivity index (χ3v) is 11.0. The zero-order chi connectivity index (χ0) is 29.9. The molecule has 7 rings (SSSR count). The van der Waals surface area contributed by atoms with Crippen molar-refractivity contribution in [3.05, 3.63) is 76.5 Å². The van der Waals surface area contributed by atoms with Crippen LogP contribution in [-0.4, -0.2) is 69.1 Å². The average molecular weight is 604 g/mol. The quantitative estimate of drug-likeness (QED) is 0.319. The maximum atomic E-state index is 14.0. The summed E-state index contributed by atoms with van der Waals surface area (Å²) in [4.78, 5) is 16.3. The molecule has 1 spiro atoms. The van der Waals surface area contributed by atoms with Crippen LogP contribution in [0, 0.1) is 19.8 Å². The molecule has 2 aromatic heterocycles. The van der Waals surface area contributed by atoms with Crippen LogP contribution in [-0.2, 0) is 32.6 Å². The second-order valence-electron chi connectivity index (χ2n) is 12.0. The first-order valence-electron chi connectivity index (χ1n) is 14.5. The Balaban J connectivity index is 1.28. The Labute approximate surface area is 249 Å². The molecule has 12 heteroatoms. The number of pyridine rings is 1. The van der Waals surface area contributed by atoms with E-state index >= 15 is 0 Å². The highest BCUT2D eigenvalue weighted by Crippen LogP contribution is 2.40. The van der Waals surface area contributed by atoms with Crippen molar-refractivity contribution < 1.29 is 27.8 Å². The Kier molecular flexibility index (Phi) is 6.75. The molecule has 11 nitrogen and oxygen atoms in total. The Morgan fingerprint density at radius 1 is 1.14 bits per heavy atom. The summed E-state index contributed by atoms with van der Waals surface area (Å²) in [6, 6.07) is 12.9. The van der Waals surface area contributed by atoms with Crippen LogP contribution in [0.1, 0.15) is 53.0 Å². The molecule has 0 radical (unpaired) electrons. The summed E-state index contributed by atoms with van der Waals surface area (Å²) >= 11 is 0. The van der Waals surface area contributed by atoms with Crippen LogP contribution < -0.4 is 4.74 Å². The van der Waals surface area contributed by atoms with E-state index in [1.807, 2.05) is 48.9 Å². The fraction of sp³-hybridized carbons (Fsp3) is 0.419. The van der Waals surface area contributed by atoms with Gasteiger partial charge >= 0.3 is 5.97 Å². The Hall–Kier alpha value is -3.87. The van der Waals surface area contributed by atoms with Crippen LogP contribution in [0.25, 0.3) is 11.0 Å². The summed E-state index contributed by atoms with van der Waals surface area (Å²) < 4.78 is 42.9. The first-order chi connectivity index (χ1) is 20.7. The van der Waals surface area contributed by atoms with E-state index in [-0.39, 0.29) is 43.6 Å². The molecule has 0 bridgehead atoms. The van der Waals surface area contributed by atoms with E-state index in [0.29, 0.717) is 5.92 Å². The van der Waals surface area contributed by atoms with Crippen molar-refractivity contribution in [3.63, 3.8) is 0 Å². The monoisotopic (exact) mass is 603 g/mol.